The van der Waals surface area contributed by atoms with Crippen LogP contribution in [0.25, 0.3) is 0 Å². The van der Waals surface area contributed by atoms with E-state index in [1.54, 1.807) is 12.3 Å². The summed E-state index contributed by atoms with van der Waals surface area (Å²) >= 11 is 0. The predicted octanol–water partition coefficient (Wildman–Crippen LogP) is 3.61. The quantitative estimate of drug-likeness (QED) is 0.905. The Kier molecular flexibility index (Phi) is 3.49. The average Bonchev–Trinajstić information content (AvgIpc) is 3.13. The zero-order valence-electron chi connectivity index (χ0n) is 11.6. The molecule has 0 amide bonds. The Morgan fingerprint density at radius 1 is 1.35 bits per heavy atom. The smallest absolute Gasteiger partial charge is 0.146 e. The lowest BCUT2D eigenvalue weighted by atomic mass is 10.0. The fourth-order valence-electron chi connectivity index (χ4n) is 2.55. The molecule has 1 fully saturated rings. The van der Waals surface area contributed by atoms with Crippen molar-refractivity contribution < 1.29 is 8.81 Å². The van der Waals surface area contributed by atoms with Gasteiger partial charge in [0.05, 0.1) is 18.5 Å². The predicted molar refractivity (Wildman–Crippen MR) is 76.9 cm³/mol. The van der Waals surface area contributed by atoms with Crippen molar-refractivity contribution in [2.75, 3.05) is 4.90 Å². The minimum atomic E-state index is -0.210. The number of rotatable bonds is 5. The lowest BCUT2D eigenvalue weighted by Crippen LogP contribution is -2.28. The van der Waals surface area contributed by atoms with Crippen LogP contribution in [0.5, 0.6) is 0 Å². The molecule has 2 aromatic rings. The molecule has 0 bridgehead atoms. The second kappa shape index (κ2) is 5.29. The van der Waals surface area contributed by atoms with Crippen LogP contribution in [0.2, 0.25) is 0 Å². The van der Waals surface area contributed by atoms with Crippen molar-refractivity contribution in [3.63, 3.8) is 0 Å². The average molecular weight is 274 g/mol. The van der Waals surface area contributed by atoms with E-state index in [0.717, 1.165) is 24.2 Å². The maximum absolute atomic E-state index is 14.3. The first-order valence-electron chi connectivity index (χ1n) is 7.00. The highest BCUT2D eigenvalue weighted by atomic mass is 19.1. The van der Waals surface area contributed by atoms with Gasteiger partial charge in [0.25, 0.3) is 0 Å². The second-order valence-electron chi connectivity index (χ2n) is 5.40. The van der Waals surface area contributed by atoms with Crippen LogP contribution in [0.3, 0.4) is 0 Å². The summed E-state index contributed by atoms with van der Waals surface area (Å²) < 4.78 is 19.8. The van der Waals surface area contributed by atoms with E-state index in [4.69, 9.17) is 10.2 Å². The van der Waals surface area contributed by atoms with E-state index in [1.165, 1.54) is 6.07 Å². The molecule has 0 unspecified atom stereocenters. The second-order valence-corrected chi connectivity index (χ2v) is 5.40. The number of nitrogens with zero attached hydrogens (tertiary/aromatic N) is 1. The highest BCUT2D eigenvalue weighted by Crippen LogP contribution is 2.38. The van der Waals surface area contributed by atoms with E-state index < -0.39 is 0 Å². The van der Waals surface area contributed by atoms with E-state index in [0.29, 0.717) is 18.3 Å². The molecule has 106 valence electrons. The maximum atomic E-state index is 14.3. The van der Waals surface area contributed by atoms with E-state index in [2.05, 4.69) is 4.90 Å². The van der Waals surface area contributed by atoms with E-state index in [-0.39, 0.29) is 11.9 Å². The molecule has 1 aromatic carbocycles. The number of benzene rings is 1. The zero-order chi connectivity index (χ0) is 14.1. The SMILES string of the molecule is C[C@@H](N)c1cccc(F)c1N(Cc1ccco1)C1CC1. The summed E-state index contributed by atoms with van der Waals surface area (Å²) in [5, 5.41) is 0. The molecule has 1 atom stereocenters. The molecule has 3 rings (SSSR count). The minimum Gasteiger partial charge on any atom is -0.467 e. The number of halogens is 1. The van der Waals surface area contributed by atoms with Crippen LogP contribution in [0, 0.1) is 5.82 Å². The van der Waals surface area contributed by atoms with Gasteiger partial charge in [-0.25, -0.2) is 4.39 Å². The van der Waals surface area contributed by atoms with E-state index in [1.807, 2.05) is 25.1 Å². The number of anilines is 1. The minimum absolute atomic E-state index is 0.196. The van der Waals surface area contributed by atoms with Crippen molar-refractivity contribution in [3.8, 4) is 0 Å². The van der Waals surface area contributed by atoms with Crippen LogP contribution in [0.15, 0.2) is 41.0 Å². The molecular formula is C16H19FN2O. The first-order valence-corrected chi connectivity index (χ1v) is 7.00. The molecule has 1 saturated carbocycles. The number of hydrogen-bond acceptors (Lipinski definition) is 3. The van der Waals surface area contributed by atoms with Crippen LogP contribution in [-0.4, -0.2) is 6.04 Å². The molecule has 0 aliphatic heterocycles. The van der Waals surface area contributed by atoms with Gasteiger partial charge in [-0.1, -0.05) is 12.1 Å². The molecular weight excluding hydrogens is 255 g/mol. The summed E-state index contributed by atoms with van der Waals surface area (Å²) in [5.41, 5.74) is 7.48. The lowest BCUT2D eigenvalue weighted by molar-refractivity contribution is 0.497. The molecule has 1 aliphatic carbocycles. The van der Waals surface area contributed by atoms with Gasteiger partial charge in [0.15, 0.2) is 0 Å². The standard InChI is InChI=1S/C16H19FN2O/c1-11(18)14-5-2-6-15(17)16(14)19(12-7-8-12)10-13-4-3-9-20-13/h2-6,9,11-12H,7-8,10,18H2,1H3/t11-/m1/s1. The first kappa shape index (κ1) is 13.2. The van der Waals surface area contributed by atoms with E-state index >= 15 is 0 Å². The third-order valence-electron chi connectivity index (χ3n) is 3.69. The van der Waals surface area contributed by atoms with Gasteiger partial charge in [0, 0.05) is 12.1 Å². The number of nitrogens with two attached hydrogens (primary N) is 1. The van der Waals surface area contributed by atoms with Crippen LogP contribution < -0.4 is 10.6 Å². The molecule has 3 nitrogen and oxygen atoms in total. The number of furan rings is 1. The van der Waals surface area contributed by atoms with Gasteiger partial charge >= 0.3 is 0 Å². The van der Waals surface area contributed by atoms with Gasteiger partial charge in [0.2, 0.25) is 0 Å². The van der Waals surface area contributed by atoms with Crippen molar-refractivity contribution in [2.45, 2.75) is 38.4 Å². The van der Waals surface area contributed by atoms with Crippen LogP contribution in [-0.2, 0) is 6.54 Å². The van der Waals surface area contributed by atoms with Crippen molar-refractivity contribution >= 4 is 5.69 Å². The fraction of sp³-hybridized carbons (Fsp3) is 0.375. The zero-order valence-corrected chi connectivity index (χ0v) is 11.6. The first-order chi connectivity index (χ1) is 9.66. The molecule has 2 N–H and O–H groups in total. The van der Waals surface area contributed by atoms with Crippen molar-refractivity contribution in [1.82, 2.24) is 0 Å². The Bertz CT molecular complexity index is 576. The summed E-state index contributed by atoms with van der Waals surface area (Å²) in [4.78, 5) is 2.09. The fourth-order valence-corrected chi connectivity index (χ4v) is 2.55. The Balaban J connectivity index is 1.99. The van der Waals surface area contributed by atoms with Crippen molar-refractivity contribution in [3.05, 3.63) is 53.7 Å². The van der Waals surface area contributed by atoms with Gasteiger partial charge in [0.1, 0.15) is 11.6 Å². The lowest BCUT2D eigenvalue weighted by Gasteiger charge is -2.28. The van der Waals surface area contributed by atoms with Crippen molar-refractivity contribution in [1.29, 1.82) is 0 Å². The summed E-state index contributed by atoms with van der Waals surface area (Å²) in [5.74, 6) is 0.633. The normalized spacial score (nSPS) is 16.1. The summed E-state index contributed by atoms with van der Waals surface area (Å²) in [6, 6.07) is 9.08. The highest BCUT2D eigenvalue weighted by molar-refractivity contribution is 5.57. The van der Waals surface area contributed by atoms with Gasteiger partial charge in [-0.2, -0.15) is 0 Å². The highest BCUT2D eigenvalue weighted by Gasteiger charge is 2.33. The number of para-hydroxylation sites is 1. The molecule has 4 heteroatoms. The molecule has 1 heterocycles. The maximum Gasteiger partial charge on any atom is 0.146 e. The Morgan fingerprint density at radius 3 is 2.75 bits per heavy atom. The summed E-state index contributed by atoms with van der Waals surface area (Å²) in [7, 11) is 0. The molecule has 1 aromatic heterocycles. The third kappa shape index (κ3) is 2.56. The van der Waals surface area contributed by atoms with Crippen LogP contribution >= 0.6 is 0 Å². The van der Waals surface area contributed by atoms with Gasteiger partial charge in [-0.15, -0.1) is 0 Å². The number of hydrogen-bond donors (Lipinski definition) is 1. The Morgan fingerprint density at radius 2 is 2.15 bits per heavy atom. The molecule has 20 heavy (non-hydrogen) atoms. The summed E-state index contributed by atoms with van der Waals surface area (Å²) in [6.45, 7) is 2.47. The summed E-state index contributed by atoms with van der Waals surface area (Å²) in [6.07, 6.45) is 3.83. The molecule has 1 aliphatic rings. The Hall–Kier alpha value is -1.81. The largest absolute Gasteiger partial charge is 0.467 e. The topological polar surface area (TPSA) is 42.4 Å². The molecule has 0 radical (unpaired) electrons. The van der Waals surface area contributed by atoms with Crippen LogP contribution in [0.4, 0.5) is 10.1 Å². The van der Waals surface area contributed by atoms with Gasteiger partial charge in [-0.3, -0.25) is 0 Å². The van der Waals surface area contributed by atoms with Crippen molar-refractivity contribution in [2.24, 2.45) is 5.73 Å². The van der Waals surface area contributed by atoms with Gasteiger partial charge < -0.3 is 15.1 Å². The van der Waals surface area contributed by atoms with Gasteiger partial charge in [-0.05, 0) is 43.5 Å². The molecule has 0 spiro atoms. The molecule has 0 saturated heterocycles. The third-order valence-corrected chi connectivity index (χ3v) is 3.69. The van der Waals surface area contributed by atoms with E-state index in [9.17, 15) is 4.39 Å². The monoisotopic (exact) mass is 274 g/mol. The van der Waals surface area contributed by atoms with Crippen LogP contribution in [0.1, 0.15) is 37.1 Å². The Labute approximate surface area is 118 Å².